The summed E-state index contributed by atoms with van der Waals surface area (Å²) >= 11 is 0. The van der Waals surface area contributed by atoms with Gasteiger partial charge in [-0.1, -0.05) is 61.2 Å². The number of fused-ring (bicyclic) bond motifs is 1. The Labute approximate surface area is 207 Å². The quantitative estimate of drug-likeness (QED) is 0.471. The number of para-hydroxylation sites is 1. The molecular formula is C27H27FN4O4. The van der Waals surface area contributed by atoms with Crippen molar-refractivity contribution in [1.82, 2.24) is 20.5 Å². The van der Waals surface area contributed by atoms with Gasteiger partial charge in [-0.25, -0.2) is 9.37 Å². The third-order valence-corrected chi connectivity index (χ3v) is 6.25. The normalized spacial score (nSPS) is 20.1. The average molecular weight is 491 g/mol. The predicted octanol–water partition coefficient (Wildman–Crippen LogP) is 2.39. The van der Waals surface area contributed by atoms with Crippen molar-refractivity contribution >= 4 is 34.7 Å². The molecule has 2 aromatic carbocycles. The van der Waals surface area contributed by atoms with Crippen molar-refractivity contribution in [3.8, 4) is 0 Å². The van der Waals surface area contributed by atoms with E-state index in [1.165, 1.54) is 6.07 Å². The van der Waals surface area contributed by atoms with Crippen molar-refractivity contribution in [2.24, 2.45) is 0 Å². The highest BCUT2D eigenvalue weighted by molar-refractivity contribution is 5.97. The lowest BCUT2D eigenvalue weighted by molar-refractivity contribution is -0.139. The number of hydrogen-bond acceptors (Lipinski definition) is 5. The van der Waals surface area contributed by atoms with Crippen molar-refractivity contribution in [2.45, 2.75) is 31.3 Å². The number of carbonyl (C=O) groups excluding carboxylic acids is 3. The van der Waals surface area contributed by atoms with Crippen LogP contribution in [-0.2, 0) is 9.59 Å². The van der Waals surface area contributed by atoms with Crippen molar-refractivity contribution in [3.63, 3.8) is 0 Å². The molecule has 1 aliphatic heterocycles. The van der Waals surface area contributed by atoms with Crippen LogP contribution >= 0.6 is 0 Å². The second-order valence-corrected chi connectivity index (χ2v) is 8.64. The molecule has 8 nitrogen and oxygen atoms in total. The number of amides is 3. The number of aliphatic hydroxyl groups excluding tert-OH is 1. The van der Waals surface area contributed by atoms with Crippen LogP contribution in [0.5, 0.6) is 0 Å². The summed E-state index contributed by atoms with van der Waals surface area (Å²) < 4.78 is 14.8. The maximum atomic E-state index is 14.8. The van der Waals surface area contributed by atoms with E-state index in [9.17, 15) is 23.9 Å². The van der Waals surface area contributed by atoms with Crippen LogP contribution in [0.1, 0.15) is 34.6 Å². The minimum atomic E-state index is -1.96. The van der Waals surface area contributed by atoms with E-state index >= 15 is 0 Å². The molecule has 0 saturated carbocycles. The van der Waals surface area contributed by atoms with Gasteiger partial charge < -0.3 is 20.6 Å². The maximum Gasteiger partial charge on any atom is 0.270 e. The van der Waals surface area contributed by atoms with Crippen LogP contribution in [0.25, 0.3) is 17.0 Å². The van der Waals surface area contributed by atoms with Gasteiger partial charge >= 0.3 is 0 Å². The summed E-state index contributed by atoms with van der Waals surface area (Å²) in [5.41, 5.74) is 2.34. The largest absolute Gasteiger partial charge is 0.388 e. The minimum Gasteiger partial charge on any atom is -0.388 e. The molecule has 1 aromatic heterocycles. The Morgan fingerprint density at radius 1 is 1.17 bits per heavy atom. The van der Waals surface area contributed by atoms with E-state index in [0.717, 1.165) is 21.4 Å². The standard InChI is InChI=1S/C27H27FN4O4/c1-3-17-8-4-6-10-19(17)16(2)30-27(36)25-24(28)22(33)15-32(25)23(34)14-29-26(35)21-13-12-18-9-5-7-11-20(18)31-21/h3-13,16,22,24-25,33H,1,14-15H2,2H3,(H,29,35)(H,30,36)/t16-,22+,24?,25+/m0/s1. The summed E-state index contributed by atoms with van der Waals surface area (Å²) in [5, 5.41) is 16.1. The van der Waals surface area contributed by atoms with E-state index < -0.39 is 48.6 Å². The third kappa shape index (κ3) is 5.11. The van der Waals surface area contributed by atoms with Gasteiger partial charge in [0.05, 0.1) is 24.6 Å². The van der Waals surface area contributed by atoms with Gasteiger partial charge in [0.1, 0.15) is 17.8 Å². The van der Waals surface area contributed by atoms with E-state index in [1.807, 2.05) is 36.4 Å². The van der Waals surface area contributed by atoms with E-state index in [-0.39, 0.29) is 12.2 Å². The number of halogens is 1. The molecule has 2 heterocycles. The summed E-state index contributed by atoms with van der Waals surface area (Å²) in [5.74, 6) is -2.01. The highest BCUT2D eigenvalue weighted by atomic mass is 19.1. The number of hydrogen-bond donors (Lipinski definition) is 3. The molecule has 186 valence electrons. The molecule has 3 N–H and O–H groups in total. The topological polar surface area (TPSA) is 112 Å². The Hall–Kier alpha value is -4.11. The first-order valence-corrected chi connectivity index (χ1v) is 11.6. The number of rotatable bonds is 7. The molecule has 0 spiro atoms. The summed E-state index contributed by atoms with van der Waals surface area (Å²) in [6.45, 7) is 4.66. The molecule has 0 aliphatic carbocycles. The van der Waals surface area contributed by atoms with Crippen LogP contribution in [-0.4, -0.2) is 64.1 Å². The van der Waals surface area contributed by atoms with Crippen molar-refractivity contribution in [2.75, 3.05) is 13.1 Å². The molecule has 4 atom stereocenters. The summed E-state index contributed by atoms with van der Waals surface area (Å²) in [6, 6.07) is 15.9. The molecule has 0 radical (unpaired) electrons. The SMILES string of the molecule is C=Cc1ccccc1[C@H](C)NC(=O)[C@H]1C(F)[C@H](O)CN1C(=O)CNC(=O)c1ccc2ccccc2n1. The van der Waals surface area contributed by atoms with Gasteiger partial charge in [0, 0.05) is 5.39 Å². The van der Waals surface area contributed by atoms with Gasteiger partial charge in [-0.15, -0.1) is 0 Å². The average Bonchev–Trinajstić information content (AvgIpc) is 3.20. The first kappa shape index (κ1) is 25.0. The summed E-state index contributed by atoms with van der Waals surface area (Å²) in [6.07, 6.45) is -1.83. The third-order valence-electron chi connectivity index (χ3n) is 6.25. The number of carbonyl (C=O) groups is 3. The highest BCUT2D eigenvalue weighted by Gasteiger charge is 2.48. The van der Waals surface area contributed by atoms with Crippen LogP contribution in [0.3, 0.4) is 0 Å². The number of likely N-dealkylation sites (tertiary alicyclic amines) is 1. The first-order valence-electron chi connectivity index (χ1n) is 11.6. The molecule has 3 aromatic rings. The Morgan fingerprint density at radius 2 is 1.89 bits per heavy atom. The number of alkyl halides is 1. The summed E-state index contributed by atoms with van der Waals surface area (Å²) in [7, 11) is 0. The molecule has 1 saturated heterocycles. The molecule has 36 heavy (non-hydrogen) atoms. The van der Waals surface area contributed by atoms with Crippen molar-refractivity contribution in [3.05, 3.63) is 84.1 Å². The molecule has 3 amide bonds. The van der Waals surface area contributed by atoms with E-state index in [4.69, 9.17) is 0 Å². The number of nitrogens with one attached hydrogen (secondary N) is 2. The van der Waals surface area contributed by atoms with E-state index in [1.54, 1.807) is 31.2 Å². The Kier molecular flexibility index (Phi) is 7.40. The number of aromatic nitrogens is 1. The second kappa shape index (κ2) is 10.7. The Balaban J connectivity index is 1.43. The maximum absolute atomic E-state index is 14.8. The Morgan fingerprint density at radius 3 is 2.67 bits per heavy atom. The van der Waals surface area contributed by atoms with E-state index in [0.29, 0.717) is 5.52 Å². The zero-order valence-electron chi connectivity index (χ0n) is 19.7. The zero-order chi connectivity index (χ0) is 25.8. The molecule has 4 rings (SSSR count). The fourth-order valence-electron chi connectivity index (χ4n) is 4.35. The fraction of sp³-hybridized carbons (Fsp3) is 0.259. The van der Waals surface area contributed by atoms with Crippen molar-refractivity contribution in [1.29, 1.82) is 0 Å². The monoisotopic (exact) mass is 490 g/mol. The van der Waals surface area contributed by atoms with Crippen molar-refractivity contribution < 1.29 is 23.9 Å². The van der Waals surface area contributed by atoms with Crippen LogP contribution in [0.4, 0.5) is 4.39 Å². The predicted molar refractivity (Wildman–Crippen MR) is 134 cm³/mol. The number of pyridine rings is 1. The van der Waals surface area contributed by atoms with Gasteiger partial charge in [0.15, 0.2) is 6.17 Å². The number of nitrogens with zero attached hydrogens (tertiary/aromatic N) is 2. The lowest BCUT2D eigenvalue weighted by Gasteiger charge is -2.26. The number of β-amino-alcohol motifs (C(OH)–C–C–N with tert-alkyl or cyclic N) is 1. The Bertz CT molecular complexity index is 1310. The molecular weight excluding hydrogens is 463 g/mol. The molecule has 1 aliphatic rings. The van der Waals surface area contributed by atoms with Gasteiger partial charge in [-0.3, -0.25) is 14.4 Å². The highest BCUT2D eigenvalue weighted by Crippen LogP contribution is 2.24. The lowest BCUT2D eigenvalue weighted by Crippen LogP contribution is -2.52. The van der Waals surface area contributed by atoms with Gasteiger partial charge in [0.25, 0.3) is 5.91 Å². The molecule has 0 bridgehead atoms. The lowest BCUT2D eigenvalue weighted by atomic mass is 10.0. The van der Waals surface area contributed by atoms with Gasteiger partial charge in [-0.2, -0.15) is 0 Å². The molecule has 1 fully saturated rings. The number of benzene rings is 2. The number of aliphatic hydroxyl groups is 1. The summed E-state index contributed by atoms with van der Waals surface area (Å²) in [4.78, 5) is 43.7. The van der Waals surface area contributed by atoms with Gasteiger partial charge in [-0.05, 0) is 30.2 Å². The van der Waals surface area contributed by atoms with E-state index in [2.05, 4.69) is 22.2 Å². The fourth-order valence-corrected chi connectivity index (χ4v) is 4.35. The van der Waals surface area contributed by atoms with Gasteiger partial charge in [0.2, 0.25) is 11.8 Å². The minimum absolute atomic E-state index is 0.121. The second-order valence-electron chi connectivity index (χ2n) is 8.64. The molecule has 1 unspecified atom stereocenters. The zero-order valence-corrected chi connectivity index (χ0v) is 19.7. The molecule has 9 heteroatoms. The first-order chi connectivity index (χ1) is 17.3. The van der Waals surface area contributed by atoms with Crippen LogP contribution in [0, 0.1) is 0 Å². The van der Waals surface area contributed by atoms with Crippen LogP contribution < -0.4 is 10.6 Å². The van der Waals surface area contributed by atoms with Crippen LogP contribution in [0.2, 0.25) is 0 Å². The van der Waals surface area contributed by atoms with Crippen LogP contribution in [0.15, 0.2) is 67.2 Å². The smallest absolute Gasteiger partial charge is 0.270 e.